The number of carbonyl (C=O) groups excluding carboxylic acids is 1. The number of rotatable bonds is 5. The second kappa shape index (κ2) is 7.91. The van der Waals surface area contributed by atoms with Gasteiger partial charge in [0.25, 0.3) is 0 Å². The fourth-order valence-electron chi connectivity index (χ4n) is 2.82. The summed E-state index contributed by atoms with van der Waals surface area (Å²) in [4.78, 5) is 14.2. The van der Waals surface area contributed by atoms with Gasteiger partial charge in [0, 0.05) is 24.8 Å². The Kier molecular flexibility index (Phi) is 5.90. The molecule has 0 aromatic heterocycles. The van der Waals surface area contributed by atoms with Crippen molar-refractivity contribution in [1.82, 2.24) is 4.90 Å². The fraction of sp³-hybridized carbons (Fsp3) is 0.588. The Morgan fingerprint density at radius 2 is 2.14 bits per heavy atom. The van der Waals surface area contributed by atoms with Crippen molar-refractivity contribution in [1.29, 1.82) is 0 Å². The summed E-state index contributed by atoms with van der Waals surface area (Å²) in [7, 11) is 1.63. The van der Waals surface area contributed by atoms with E-state index in [-0.39, 0.29) is 6.03 Å². The van der Waals surface area contributed by atoms with Gasteiger partial charge in [0.15, 0.2) is 0 Å². The van der Waals surface area contributed by atoms with Gasteiger partial charge in [-0.25, -0.2) is 4.79 Å². The molecule has 1 heterocycles. The number of urea groups is 1. The van der Waals surface area contributed by atoms with E-state index < -0.39 is 0 Å². The van der Waals surface area contributed by atoms with Crippen LogP contribution in [0.25, 0.3) is 0 Å². The third-order valence-electron chi connectivity index (χ3n) is 4.19. The van der Waals surface area contributed by atoms with Crippen LogP contribution in [0.5, 0.6) is 5.75 Å². The number of anilines is 1. The van der Waals surface area contributed by atoms with E-state index in [0.29, 0.717) is 0 Å². The number of hydrogen-bond donors (Lipinski definition) is 1. The zero-order valence-corrected chi connectivity index (χ0v) is 13.1. The van der Waals surface area contributed by atoms with Gasteiger partial charge in [-0.3, -0.25) is 0 Å². The van der Waals surface area contributed by atoms with E-state index in [1.807, 2.05) is 29.2 Å². The number of piperidine rings is 1. The normalized spacial score (nSPS) is 15.8. The number of nitrogens with one attached hydrogen (secondary N) is 1. The van der Waals surface area contributed by atoms with Crippen molar-refractivity contribution in [3.05, 3.63) is 24.3 Å². The van der Waals surface area contributed by atoms with Crippen molar-refractivity contribution in [3.63, 3.8) is 0 Å². The molecule has 1 aliphatic heterocycles. The number of amides is 2. The first kappa shape index (κ1) is 15.7. The highest BCUT2D eigenvalue weighted by Gasteiger charge is 2.22. The predicted octanol–water partition coefficient (Wildman–Crippen LogP) is 4.13. The summed E-state index contributed by atoms with van der Waals surface area (Å²) in [5, 5.41) is 2.95. The molecular formula is C17H26N2O2. The smallest absolute Gasteiger partial charge is 0.321 e. The van der Waals surface area contributed by atoms with Gasteiger partial charge >= 0.3 is 6.03 Å². The Labute approximate surface area is 127 Å². The van der Waals surface area contributed by atoms with E-state index in [9.17, 15) is 4.79 Å². The molecule has 4 nitrogen and oxygen atoms in total. The van der Waals surface area contributed by atoms with Crippen LogP contribution in [0.3, 0.4) is 0 Å². The molecule has 1 N–H and O–H groups in total. The van der Waals surface area contributed by atoms with E-state index in [2.05, 4.69) is 12.2 Å². The number of carbonyl (C=O) groups is 1. The van der Waals surface area contributed by atoms with E-state index in [1.54, 1.807) is 7.11 Å². The SMILES string of the molecule is CCCCC1CCN(C(=O)Nc2cccc(OC)c2)CC1. The van der Waals surface area contributed by atoms with Crippen molar-refractivity contribution in [3.8, 4) is 5.75 Å². The lowest BCUT2D eigenvalue weighted by Crippen LogP contribution is -2.41. The quantitative estimate of drug-likeness (QED) is 0.886. The zero-order valence-electron chi connectivity index (χ0n) is 13.1. The van der Waals surface area contributed by atoms with Crippen LogP contribution < -0.4 is 10.1 Å². The van der Waals surface area contributed by atoms with E-state index in [1.165, 1.54) is 19.3 Å². The molecule has 1 fully saturated rings. The second-order valence-corrected chi connectivity index (χ2v) is 5.73. The maximum atomic E-state index is 12.3. The molecule has 116 valence electrons. The van der Waals surface area contributed by atoms with Crippen LogP contribution in [0.1, 0.15) is 39.0 Å². The van der Waals surface area contributed by atoms with Gasteiger partial charge in [0.1, 0.15) is 5.75 Å². The Morgan fingerprint density at radius 1 is 1.38 bits per heavy atom. The second-order valence-electron chi connectivity index (χ2n) is 5.73. The number of unbranched alkanes of at least 4 members (excludes halogenated alkanes) is 1. The zero-order chi connectivity index (χ0) is 15.1. The summed E-state index contributed by atoms with van der Waals surface area (Å²) in [5.74, 6) is 1.55. The Bertz CT molecular complexity index is 454. The highest BCUT2D eigenvalue weighted by atomic mass is 16.5. The molecule has 1 aromatic carbocycles. The van der Waals surface area contributed by atoms with Gasteiger partial charge in [-0.2, -0.15) is 0 Å². The average Bonchev–Trinajstić information content (AvgIpc) is 2.53. The van der Waals surface area contributed by atoms with Gasteiger partial charge in [-0.1, -0.05) is 32.3 Å². The molecule has 21 heavy (non-hydrogen) atoms. The van der Waals surface area contributed by atoms with Gasteiger partial charge in [0.05, 0.1) is 7.11 Å². The number of methoxy groups -OCH3 is 1. The molecule has 2 rings (SSSR count). The lowest BCUT2D eigenvalue weighted by molar-refractivity contribution is 0.179. The maximum Gasteiger partial charge on any atom is 0.321 e. The van der Waals surface area contributed by atoms with E-state index in [0.717, 1.165) is 43.3 Å². The van der Waals surface area contributed by atoms with Gasteiger partial charge in [-0.05, 0) is 30.9 Å². The molecule has 0 unspecified atom stereocenters. The van der Waals surface area contributed by atoms with Crippen LogP contribution >= 0.6 is 0 Å². The Morgan fingerprint density at radius 3 is 2.81 bits per heavy atom. The van der Waals surface area contributed by atoms with Crippen molar-refractivity contribution in [2.75, 3.05) is 25.5 Å². The number of nitrogens with zero attached hydrogens (tertiary/aromatic N) is 1. The van der Waals surface area contributed by atoms with Crippen molar-refractivity contribution < 1.29 is 9.53 Å². The molecule has 2 amide bonds. The minimum Gasteiger partial charge on any atom is -0.497 e. The topological polar surface area (TPSA) is 41.6 Å². The van der Waals surface area contributed by atoms with Crippen molar-refractivity contribution in [2.45, 2.75) is 39.0 Å². The molecule has 0 bridgehead atoms. The third kappa shape index (κ3) is 4.66. The first-order valence-electron chi connectivity index (χ1n) is 7.93. The minimum absolute atomic E-state index is 0.00260. The van der Waals surface area contributed by atoms with Crippen LogP contribution in [0, 0.1) is 5.92 Å². The Balaban J connectivity index is 1.81. The summed E-state index contributed by atoms with van der Waals surface area (Å²) < 4.78 is 5.17. The monoisotopic (exact) mass is 290 g/mol. The van der Waals surface area contributed by atoms with Crippen molar-refractivity contribution >= 4 is 11.7 Å². The highest BCUT2D eigenvalue weighted by molar-refractivity contribution is 5.89. The molecule has 0 atom stereocenters. The van der Waals surface area contributed by atoms with Crippen LogP contribution in [-0.2, 0) is 0 Å². The van der Waals surface area contributed by atoms with Crippen LogP contribution in [0.15, 0.2) is 24.3 Å². The number of ether oxygens (including phenoxy) is 1. The van der Waals surface area contributed by atoms with Gasteiger partial charge < -0.3 is 15.0 Å². The van der Waals surface area contributed by atoms with Crippen LogP contribution in [0.2, 0.25) is 0 Å². The summed E-state index contributed by atoms with van der Waals surface area (Å²) in [6.45, 7) is 3.96. The van der Waals surface area contributed by atoms with E-state index in [4.69, 9.17) is 4.74 Å². The molecule has 1 aliphatic rings. The first-order valence-corrected chi connectivity index (χ1v) is 7.93. The fourth-order valence-corrected chi connectivity index (χ4v) is 2.82. The standard InChI is InChI=1S/C17H26N2O2/c1-3-4-6-14-9-11-19(12-10-14)17(20)18-15-7-5-8-16(13-15)21-2/h5,7-8,13-14H,3-4,6,9-12H2,1-2H3,(H,18,20). The largest absolute Gasteiger partial charge is 0.497 e. The molecule has 1 saturated heterocycles. The minimum atomic E-state index is -0.00260. The Hall–Kier alpha value is -1.71. The molecule has 4 heteroatoms. The summed E-state index contributed by atoms with van der Waals surface area (Å²) >= 11 is 0. The summed E-state index contributed by atoms with van der Waals surface area (Å²) in [5.41, 5.74) is 0.785. The van der Waals surface area contributed by atoms with Crippen LogP contribution in [-0.4, -0.2) is 31.1 Å². The highest BCUT2D eigenvalue weighted by Crippen LogP contribution is 2.23. The molecule has 0 saturated carbocycles. The maximum absolute atomic E-state index is 12.3. The molecule has 1 aromatic rings. The van der Waals surface area contributed by atoms with Crippen molar-refractivity contribution in [2.24, 2.45) is 5.92 Å². The van der Waals surface area contributed by atoms with Gasteiger partial charge in [0.2, 0.25) is 0 Å². The third-order valence-corrected chi connectivity index (χ3v) is 4.19. The van der Waals surface area contributed by atoms with Gasteiger partial charge in [-0.15, -0.1) is 0 Å². The average molecular weight is 290 g/mol. The molecule has 0 spiro atoms. The van der Waals surface area contributed by atoms with Crippen LogP contribution in [0.4, 0.5) is 10.5 Å². The molecule has 0 aliphatic carbocycles. The van der Waals surface area contributed by atoms with E-state index >= 15 is 0 Å². The summed E-state index contributed by atoms with van der Waals surface area (Å²) in [6, 6.07) is 7.47. The number of likely N-dealkylation sites (tertiary alicyclic amines) is 1. The molecule has 0 radical (unpaired) electrons. The lowest BCUT2D eigenvalue weighted by atomic mass is 9.92. The first-order chi connectivity index (χ1) is 10.2. The summed E-state index contributed by atoms with van der Waals surface area (Å²) in [6.07, 6.45) is 6.14. The molecular weight excluding hydrogens is 264 g/mol. The lowest BCUT2D eigenvalue weighted by Gasteiger charge is -2.32. The number of benzene rings is 1. The predicted molar refractivity (Wildman–Crippen MR) is 85.8 cm³/mol. The number of hydrogen-bond acceptors (Lipinski definition) is 2.